The van der Waals surface area contributed by atoms with Gasteiger partial charge in [0.1, 0.15) is 11.5 Å². The van der Waals surface area contributed by atoms with E-state index in [9.17, 15) is 18.0 Å². The minimum absolute atomic E-state index is 0.0229. The van der Waals surface area contributed by atoms with E-state index in [1.807, 2.05) is 31.4 Å². The van der Waals surface area contributed by atoms with Crippen LogP contribution >= 0.6 is 11.3 Å². The highest BCUT2D eigenvalue weighted by Gasteiger charge is 2.30. The smallest absolute Gasteiger partial charge is 0.416 e. The third-order valence-electron chi connectivity index (χ3n) is 5.30. The van der Waals surface area contributed by atoms with Crippen LogP contribution in [0.3, 0.4) is 0 Å². The van der Waals surface area contributed by atoms with Crippen LogP contribution in [0.4, 0.5) is 13.2 Å². The molecule has 0 radical (unpaired) electrons. The number of alkyl halides is 3. The van der Waals surface area contributed by atoms with E-state index in [2.05, 4.69) is 4.98 Å². The number of hydrogen-bond donors (Lipinski definition) is 1. The number of fused-ring (bicyclic) bond motifs is 1. The lowest BCUT2D eigenvalue weighted by Gasteiger charge is -2.07. The second kappa shape index (κ2) is 9.50. The SMILES string of the molecule is CC(C)c1nc(-c2ccc(C(F)(F)F)cc2)oc1CCOc1ccc2c(CC(=O)O)csc2c1. The van der Waals surface area contributed by atoms with Gasteiger partial charge in [-0.15, -0.1) is 11.3 Å². The number of hydrogen-bond acceptors (Lipinski definition) is 5. The average molecular weight is 490 g/mol. The molecule has 0 aliphatic rings. The molecule has 0 amide bonds. The molecule has 0 bridgehead atoms. The first-order chi connectivity index (χ1) is 16.1. The van der Waals surface area contributed by atoms with Gasteiger partial charge in [0.25, 0.3) is 0 Å². The zero-order chi connectivity index (χ0) is 24.5. The van der Waals surface area contributed by atoms with Gasteiger partial charge < -0.3 is 14.3 Å². The first kappa shape index (κ1) is 23.8. The second-order valence-corrected chi connectivity index (χ2v) is 9.06. The standard InChI is InChI=1S/C25H22F3NO4S/c1-14(2)23-20(33-24(29-23)15-3-5-17(6-4-15)25(26,27)28)9-10-32-18-7-8-19-16(11-22(30)31)13-34-21(19)12-18/h3-8,12-14H,9-11H2,1-2H3,(H,30,31). The molecule has 0 aliphatic carbocycles. The van der Waals surface area contributed by atoms with E-state index in [0.29, 0.717) is 30.1 Å². The Balaban J connectivity index is 1.46. The van der Waals surface area contributed by atoms with Crippen molar-refractivity contribution in [2.75, 3.05) is 6.61 Å². The van der Waals surface area contributed by atoms with Crippen LogP contribution in [-0.2, 0) is 23.8 Å². The van der Waals surface area contributed by atoms with Crippen molar-refractivity contribution in [2.24, 2.45) is 0 Å². The monoisotopic (exact) mass is 489 g/mol. The Kier molecular flexibility index (Phi) is 6.65. The maximum absolute atomic E-state index is 12.8. The number of ether oxygens (including phenoxy) is 1. The summed E-state index contributed by atoms with van der Waals surface area (Å²) in [7, 11) is 0. The maximum Gasteiger partial charge on any atom is 0.416 e. The molecule has 0 spiro atoms. The first-order valence-corrected chi connectivity index (χ1v) is 11.5. The van der Waals surface area contributed by atoms with Crippen LogP contribution in [0.5, 0.6) is 5.75 Å². The van der Waals surface area contributed by atoms with Gasteiger partial charge >= 0.3 is 12.1 Å². The van der Waals surface area contributed by atoms with E-state index in [4.69, 9.17) is 14.3 Å². The summed E-state index contributed by atoms with van der Waals surface area (Å²) in [5.41, 5.74) is 1.27. The molecule has 0 saturated heterocycles. The number of aromatic nitrogens is 1. The minimum atomic E-state index is -4.40. The number of benzene rings is 2. The number of oxazole rings is 1. The van der Waals surface area contributed by atoms with Crippen molar-refractivity contribution in [3.63, 3.8) is 0 Å². The van der Waals surface area contributed by atoms with Gasteiger partial charge in [-0.05, 0) is 64.7 Å². The van der Waals surface area contributed by atoms with Crippen LogP contribution < -0.4 is 4.74 Å². The molecule has 5 nitrogen and oxygen atoms in total. The summed E-state index contributed by atoms with van der Waals surface area (Å²) in [6, 6.07) is 10.3. The lowest BCUT2D eigenvalue weighted by molar-refractivity contribution is -0.138. The largest absolute Gasteiger partial charge is 0.493 e. The van der Waals surface area contributed by atoms with Gasteiger partial charge in [0.05, 0.1) is 24.3 Å². The summed E-state index contributed by atoms with van der Waals surface area (Å²) in [6.45, 7) is 4.26. The van der Waals surface area contributed by atoms with Crippen molar-refractivity contribution in [3.05, 3.63) is 70.4 Å². The molecule has 178 valence electrons. The Bertz CT molecular complexity index is 1310. The summed E-state index contributed by atoms with van der Waals surface area (Å²) >= 11 is 1.47. The van der Waals surface area contributed by atoms with Crippen molar-refractivity contribution in [3.8, 4) is 17.2 Å². The molecule has 0 aliphatic heterocycles. The number of aliphatic carboxylic acids is 1. The quantitative estimate of drug-likeness (QED) is 0.290. The van der Waals surface area contributed by atoms with Crippen LogP contribution in [0, 0.1) is 0 Å². The third-order valence-corrected chi connectivity index (χ3v) is 6.29. The lowest BCUT2D eigenvalue weighted by Crippen LogP contribution is -2.04. The Labute approximate surface area is 197 Å². The molecule has 2 heterocycles. The summed E-state index contributed by atoms with van der Waals surface area (Å²) in [5, 5.41) is 11.8. The first-order valence-electron chi connectivity index (χ1n) is 10.6. The molecule has 0 saturated carbocycles. The minimum Gasteiger partial charge on any atom is -0.493 e. The molecule has 4 rings (SSSR count). The fourth-order valence-corrected chi connectivity index (χ4v) is 4.62. The van der Waals surface area contributed by atoms with E-state index in [-0.39, 0.29) is 18.2 Å². The molecule has 1 N–H and O–H groups in total. The Hall–Kier alpha value is -3.33. The van der Waals surface area contributed by atoms with Crippen LogP contribution in [0.25, 0.3) is 21.5 Å². The van der Waals surface area contributed by atoms with E-state index in [1.54, 1.807) is 6.07 Å². The molecule has 9 heteroatoms. The van der Waals surface area contributed by atoms with Crippen molar-refractivity contribution in [1.82, 2.24) is 4.98 Å². The van der Waals surface area contributed by atoms with E-state index in [0.717, 1.165) is 33.5 Å². The molecule has 2 aromatic heterocycles. The van der Waals surface area contributed by atoms with E-state index in [1.165, 1.54) is 23.5 Å². The molecule has 0 atom stereocenters. The Morgan fingerprint density at radius 3 is 2.56 bits per heavy atom. The van der Waals surface area contributed by atoms with Gasteiger partial charge in [0.15, 0.2) is 0 Å². The predicted octanol–water partition coefficient (Wildman–Crippen LogP) is 6.95. The van der Waals surface area contributed by atoms with Crippen molar-refractivity contribution in [2.45, 2.75) is 38.8 Å². The fourth-order valence-electron chi connectivity index (χ4n) is 3.63. The van der Waals surface area contributed by atoms with Crippen LogP contribution in [0.15, 0.2) is 52.3 Å². The van der Waals surface area contributed by atoms with Gasteiger partial charge in [0.2, 0.25) is 5.89 Å². The normalized spacial score (nSPS) is 11.9. The van der Waals surface area contributed by atoms with E-state index >= 15 is 0 Å². The van der Waals surface area contributed by atoms with Gasteiger partial charge in [-0.25, -0.2) is 4.98 Å². The van der Waals surface area contributed by atoms with Crippen molar-refractivity contribution in [1.29, 1.82) is 0 Å². The van der Waals surface area contributed by atoms with Gasteiger partial charge in [0, 0.05) is 16.7 Å². The maximum atomic E-state index is 12.8. The number of halogens is 3. The summed E-state index contributed by atoms with van der Waals surface area (Å²) in [5.74, 6) is 0.759. The molecular formula is C25H22F3NO4S. The highest BCUT2D eigenvalue weighted by Crippen LogP contribution is 2.33. The molecule has 34 heavy (non-hydrogen) atoms. The summed E-state index contributed by atoms with van der Waals surface area (Å²) < 4.78 is 51.3. The molecule has 4 aromatic rings. The van der Waals surface area contributed by atoms with Gasteiger partial charge in [-0.1, -0.05) is 13.8 Å². The highest BCUT2D eigenvalue weighted by atomic mass is 32.1. The third kappa shape index (κ3) is 5.25. The van der Waals surface area contributed by atoms with Gasteiger partial charge in [-0.3, -0.25) is 4.79 Å². The molecule has 2 aromatic carbocycles. The number of carboxylic acid groups (broad SMARTS) is 1. The van der Waals surface area contributed by atoms with E-state index < -0.39 is 17.7 Å². The Morgan fingerprint density at radius 2 is 1.91 bits per heavy atom. The van der Waals surface area contributed by atoms with Crippen molar-refractivity contribution < 1.29 is 32.2 Å². The Morgan fingerprint density at radius 1 is 1.18 bits per heavy atom. The number of nitrogens with zero attached hydrogens (tertiary/aromatic N) is 1. The van der Waals surface area contributed by atoms with Crippen LogP contribution in [0.2, 0.25) is 0 Å². The number of carbonyl (C=O) groups is 1. The van der Waals surface area contributed by atoms with Crippen LogP contribution in [0.1, 0.15) is 42.3 Å². The number of thiophene rings is 1. The zero-order valence-corrected chi connectivity index (χ0v) is 19.3. The highest BCUT2D eigenvalue weighted by molar-refractivity contribution is 7.17. The molecule has 0 fully saturated rings. The number of carboxylic acids is 1. The average Bonchev–Trinajstić information content (AvgIpc) is 3.37. The molecular weight excluding hydrogens is 467 g/mol. The fraction of sp³-hybridized carbons (Fsp3) is 0.280. The summed E-state index contributed by atoms with van der Waals surface area (Å²) in [6.07, 6.45) is -3.98. The number of rotatable bonds is 8. The lowest BCUT2D eigenvalue weighted by atomic mass is 10.1. The topological polar surface area (TPSA) is 72.6 Å². The van der Waals surface area contributed by atoms with Crippen LogP contribution in [-0.4, -0.2) is 22.7 Å². The second-order valence-electron chi connectivity index (χ2n) is 8.15. The zero-order valence-electron chi connectivity index (χ0n) is 18.5. The summed E-state index contributed by atoms with van der Waals surface area (Å²) in [4.78, 5) is 15.5. The predicted molar refractivity (Wildman–Crippen MR) is 123 cm³/mol. The molecule has 0 unspecified atom stereocenters. The van der Waals surface area contributed by atoms with Crippen molar-refractivity contribution >= 4 is 27.4 Å². The van der Waals surface area contributed by atoms with Gasteiger partial charge in [-0.2, -0.15) is 13.2 Å².